The fourth-order valence-electron chi connectivity index (χ4n) is 1.66. The van der Waals surface area contributed by atoms with Crippen LogP contribution in [0.2, 0.25) is 0 Å². The second-order valence-corrected chi connectivity index (χ2v) is 3.82. The molecule has 0 bridgehead atoms. The van der Waals surface area contributed by atoms with Crippen LogP contribution in [-0.4, -0.2) is 11.6 Å². The normalized spacial score (nSPS) is 32.4. The van der Waals surface area contributed by atoms with E-state index in [9.17, 15) is 4.79 Å². The predicted octanol–water partition coefficient (Wildman–Crippen LogP) is 1.42. The van der Waals surface area contributed by atoms with Crippen LogP contribution in [0.1, 0.15) is 33.1 Å². The van der Waals surface area contributed by atoms with E-state index in [-0.39, 0.29) is 5.78 Å². The van der Waals surface area contributed by atoms with E-state index in [4.69, 9.17) is 9.78 Å². The van der Waals surface area contributed by atoms with Gasteiger partial charge in [-0.25, -0.2) is 0 Å². The third kappa shape index (κ3) is 0.781. The van der Waals surface area contributed by atoms with Crippen LogP contribution >= 0.6 is 0 Å². The van der Waals surface area contributed by atoms with E-state index < -0.39 is 11.2 Å². The maximum absolute atomic E-state index is 11.4. The maximum atomic E-state index is 11.4. The number of rotatable bonds is 0. The molecule has 2 fully saturated rings. The molecule has 1 saturated carbocycles. The molecule has 62 valence electrons. The molecule has 0 unspecified atom stereocenters. The molecular formula is C8H12O3. The number of hydrogen-bond donors (Lipinski definition) is 0. The summed E-state index contributed by atoms with van der Waals surface area (Å²) in [6.07, 6.45) is 2.41. The monoisotopic (exact) mass is 156 g/mol. The van der Waals surface area contributed by atoms with E-state index in [1.54, 1.807) is 0 Å². The molecule has 1 heterocycles. The lowest BCUT2D eigenvalue weighted by Crippen LogP contribution is -2.43. The fraction of sp³-hybridized carbons (Fsp3) is 0.875. The van der Waals surface area contributed by atoms with E-state index in [0.717, 1.165) is 12.8 Å². The van der Waals surface area contributed by atoms with Gasteiger partial charge in [0, 0.05) is 12.8 Å². The molecule has 1 spiro atoms. The Bertz CT molecular complexity index is 203. The van der Waals surface area contributed by atoms with Crippen molar-refractivity contribution in [1.82, 2.24) is 0 Å². The summed E-state index contributed by atoms with van der Waals surface area (Å²) in [7, 11) is 0. The number of carbonyl (C=O) groups excluding carboxylic acids is 1. The minimum Gasteiger partial charge on any atom is -0.299 e. The summed E-state index contributed by atoms with van der Waals surface area (Å²) in [5.74, 6) is -0.302. The SMILES string of the molecule is CC1(C)C(=O)CCCC12OO2. The number of carbonyl (C=O) groups is 1. The van der Waals surface area contributed by atoms with Gasteiger partial charge in [0.1, 0.15) is 5.78 Å². The topological polar surface area (TPSA) is 42.1 Å². The van der Waals surface area contributed by atoms with Crippen LogP contribution in [0.4, 0.5) is 0 Å². The lowest BCUT2D eigenvalue weighted by atomic mass is 9.72. The van der Waals surface area contributed by atoms with Crippen molar-refractivity contribution in [3.05, 3.63) is 0 Å². The molecule has 11 heavy (non-hydrogen) atoms. The molecule has 0 aromatic rings. The zero-order chi connectivity index (χ0) is 8.11. The van der Waals surface area contributed by atoms with Crippen molar-refractivity contribution in [1.29, 1.82) is 0 Å². The van der Waals surface area contributed by atoms with Crippen LogP contribution in [0, 0.1) is 5.41 Å². The Kier molecular flexibility index (Phi) is 1.22. The Morgan fingerprint density at radius 2 is 2.00 bits per heavy atom. The minimum atomic E-state index is -0.553. The largest absolute Gasteiger partial charge is 0.299 e. The summed E-state index contributed by atoms with van der Waals surface area (Å²) in [6.45, 7) is 3.78. The molecule has 0 atom stereocenters. The molecular weight excluding hydrogens is 144 g/mol. The van der Waals surface area contributed by atoms with Crippen LogP contribution in [0.5, 0.6) is 0 Å². The first kappa shape index (κ1) is 7.25. The highest BCUT2D eigenvalue weighted by molar-refractivity contribution is 5.86. The first-order chi connectivity index (χ1) is 5.08. The number of hydrogen-bond acceptors (Lipinski definition) is 3. The van der Waals surface area contributed by atoms with Gasteiger partial charge in [-0.15, -0.1) is 0 Å². The van der Waals surface area contributed by atoms with Gasteiger partial charge in [-0.1, -0.05) is 0 Å². The van der Waals surface area contributed by atoms with Crippen molar-refractivity contribution in [2.24, 2.45) is 5.41 Å². The van der Waals surface area contributed by atoms with Crippen LogP contribution in [0.25, 0.3) is 0 Å². The third-order valence-corrected chi connectivity index (χ3v) is 2.84. The summed E-state index contributed by atoms with van der Waals surface area (Å²) in [4.78, 5) is 21.2. The van der Waals surface area contributed by atoms with Crippen molar-refractivity contribution in [2.45, 2.75) is 38.9 Å². The highest BCUT2D eigenvalue weighted by Crippen LogP contribution is 2.53. The van der Waals surface area contributed by atoms with Crippen LogP contribution < -0.4 is 0 Å². The highest BCUT2D eigenvalue weighted by Gasteiger charge is 2.65. The lowest BCUT2D eigenvalue weighted by molar-refractivity contribution is -0.134. The minimum absolute atomic E-state index is 0.251. The number of Topliss-reactive ketones (excluding diaryl/α,β-unsaturated/α-hetero) is 1. The van der Waals surface area contributed by atoms with Gasteiger partial charge < -0.3 is 0 Å². The Morgan fingerprint density at radius 3 is 2.45 bits per heavy atom. The summed E-state index contributed by atoms with van der Waals surface area (Å²) >= 11 is 0. The Labute approximate surface area is 65.6 Å². The van der Waals surface area contributed by atoms with Gasteiger partial charge in [0.2, 0.25) is 5.79 Å². The molecule has 0 N–H and O–H groups in total. The van der Waals surface area contributed by atoms with E-state index in [1.165, 1.54) is 0 Å². The quantitative estimate of drug-likeness (QED) is 0.393. The molecule has 3 heteroatoms. The maximum Gasteiger partial charge on any atom is 0.246 e. The molecule has 1 aliphatic heterocycles. The molecule has 0 amide bonds. The van der Waals surface area contributed by atoms with Crippen molar-refractivity contribution >= 4 is 5.78 Å². The zero-order valence-corrected chi connectivity index (χ0v) is 6.85. The third-order valence-electron chi connectivity index (χ3n) is 2.84. The standard InChI is InChI=1S/C8H12O3/c1-7(2)6(9)4-3-5-8(7)10-11-8/h3-5H2,1-2H3. The summed E-state index contributed by atoms with van der Waals surface area (Å²) in [5.41, 5.74) is -0.439. The zero-order valence-electron chi connectivity index (χ0n) is 6.85. The van der Waals surface area contributed by atoms with Crippen LogP contribution in [0.15, 0.2) is 0 Å². The van der Waals surface area contributed by atoms with Crippen molar-refractivity contribution < 1.29 is 14.6 Å². The van der Waals surface area contributed by atoms with Gasteiger partial charge in [0.15, 0.2) is 0 Å². The van der Waals surface area contributed by atoms with Crippen molar-refractivity contribution in [3.63, 3.8) is 0 Å². The number of ketones is 1. The molecule has 1 aliphatic carbocycles. The molecule has 0 radical (unpaired) electrons. The first-order valence-corrected chi connectivity index (χ1v) is 3.99. The van der Waals surface area contributed by atoms with Gasteiger partial charge in [-0.2, -0.15) is 9.78 Å². The molecule has 0 aromatic carbocycles. The van der Waals surface area contributed by atoms with Gasteiger partial charge in [-0.3, -0.25) is 4.79 Å². The fourth-order valence-corrected chi connectivity index (χ4v) is 1.66. The molecule has 2 aliphatic rings. The average Bonchev–Trinajstić information content (AvgIpc) is 2.66. The summed E-state index contributed by atoms with van der Waals surface area (Å²) in [5, 5.41) is 0. The highest BCUT2D eigenvalue weighted by atomic mass is 17.4. The second-order valence-electron chi connectivity index (χ2n) is 3.82. The van der Waals surface area contributed by atoms with Gasteiger partial charge >= 0.3 is 0 Å². The van der Waals surface area contributed by atoms with Crippen molar-refractivity contribution in [3.8, 4) is 0 Å². The Hall–Kier alpha value is -0.410. The van der Waals surface area contributed by atoms with Crippen LogP contribution in [-0.2, 0) is 14.6 Å². The predicted molar refractivity (Wildman–Crippen MR) is 37.5 cm³/mol. The van der Waals surface area contributed by atoms with E-state index in [2.05, 4.69) is 0 Å². The molecule has 0 aromatic heterocycles. The first-order valence-electron chi connectivity index (χ1n) is 3.99. The molecule has 1 saturated heterocycles. The van der Waals surface area contributed by atoms with E-state index >= 15 is 0 Å². The van der Waals surface area contributed by atoms with Gasteiger partial charge in [0.25, 0.3) is 0 Å². The lowest BCUT2D eigenvalue weighted by Gasteiger charge is -2.30. The Balaban J connectivity index is 2.28. The Morgan fingerprint density at radius 1 is 1.36 bits per heavy atom. The average molecular weight is 156 g/mol. The van der Waals surface area contributed by atoms with Crippen LogP contribution in [0.3, 0.4) is 0 Å². The van der Waals surface area contributed by atoms with Crippen molar-refractivity contribution in [2.75, 3.05) is 0 Å². The summed E-state index contributed by atoms with van der Waals surface area (Å²) in [6, 6.07) is 0. The summed E-state index contributed by atoms with van der Waals surface area (Å²) < 4.78 is 0. The smallest absolute Gasteiger partial charge is 0.246 e. The van der Waals surface area contributed by atoms with E-state index in [0.29, 0.717) is 6.42 Å². The van der Waals surface area contributed by atoms with Gasteiger partial charge in [-0.05, 0) is 20.3 Å². The van der Waals surface area contributed by atoms with Gasteiger partial charge in [0.05, 0.1) is 5.41 Å². The van der Waals surface area contributed by atoms with E-state index in [1.807, 2.05) is 13.8 Å². The molecule has 2 rings (SSSR count). The second kappa shape index (κ2) is 1.84. The molecule has 3 nitrogen and oxygen atoms in total.